The summed E-state index contributed by atoms with van der Waals surface area (Å²) in [5, 5.41) is 4.88. The second-order valence-electron chi connectivity index (χ2n) is 8.60. The highest BCUT2D eigenvalue weighted by Crippen LogP contribution is 2.42. The Hall–Kier alpha value is -2.73. The van der Waals surface area contributed by atoms with Gasteiger partial charge in [-0.25, -0.2) is 0 Å². The maximum Gasteiger partial charge on any atom is 0.310 e. The van der Waals surface area contributed by atoms with Crippen molar-refractivity contribution in [2.24, 2.45) is 0 Å². The van der Waals surface area contributed by atoms with Gasteiger partial charge < -0.3 is 22.5 Å². The average Bonchev–Trinajstić information content (AvgIpc) is 3.14. The number of ether oxygens (including phenoxy) is 1. The van der Waals surface area contributed by atoms with E-state index in [2.05, 4.69) is 104 Å². The van der Waals surface area contributed by atoms with Crippen LogP contribution in [0.25, 0.3) is 16.9 Å². The third kappa shape index (κ3) is 6.23. The van der Waals surface area contributed by atoms with Crippen molar-refractivity contribution in [1.82, 2.24) is 0 Å². The van der Waals surface area contributed by atoms with Crippen molar-refractivity contribution in [1.29, 1.82) is 0 Å². The van der Waals surface area contributed by atoms with Gasteiger partial charge in [-0.1, -0.05) is 61.2 Å². The van der Waals surface area contributed by atoms with Gasteiger partial charge in [0.25, 0.3) is 11.4 Å². The van der Waals surface area contributed by atoms with Crippen LogP contribution in [0.5, 0.6) is 5.75 Å². The molecule has 0 aliphatic rings. The molecule has 1 aromatic heterocycles. The monoisotopic (exact) mass is 508 g/mol. The highest BCUT2D eigenvalue weighted by atomic mass is 35.5. The number of nitrogens with one attached hydrogen (secondary N) is 1. The molecule has 0 aliphatic carbocycles. The Morgan fingerprint density at radius 3 is 2.21 bits per heavy atom. The fourth-order valence-electron chi connectivity index (χ4n) is 3.44. The largest absolute Gasteiger partial charge is 1.00 e. The van der Waals surface area contributed by atoms with Gasteiger partial charge >= 0.3 is 4.34 Å². The topological polar surface area (TPSA) is 25.1 Å². The molecule has 4 aromatic rings. The van der Waals surface area contributed by atoms with Crippen LogP contribution >= 0.6 is 23.1 Å². The van der Waals surface area contributed by atoms with Gasteiger partial charge in [0, 0.05) is 22.1 Å². The highest BCUT2D eigenvalue weighted by Gasteiger charge is 2.34. The van der Waals surface area contributed by atoms with Crippen molar-refractivity contribution in [3.8, 4) is 22.7 Å². The number of halogens is 1. The molecule has 3 aromatic carbocycles. The number of rotatable bonds is 8. The fourth-order valence-corrected chi connectivity index (χ4v) is 6.04. The van der Waals surface area contributed by atoms with Gasteiger partial charge in [0.1, 0.15) is 6.61 Å². The summed E-state index contributed by atoms with van der Waals surface area (Å²) in [6.07, 6.45) is 1.78. The molecular formula is C28H29ClN2OS2. The average molecular weight is 509 g/mol. The number of benzene rings is 3. The zero-order chi connectivity index (χ0) is 23.3. The maximum absolute atomic E-state index is 6.08. The Balaban J connectivity index is 0.00000324. The van der Waals surface area contributed by atoms with E-state index in [0.717, 1.165) is 32.0 Å². The van der Waals surface area contributed by atoms with Crippen molar-refractivity contribution in [3.05, 3.63) is 97.6 Å². The molecule has 0 amide bonds. The van der Waals surface area contributed by atoms with Crippen LogP contribution in [-0.4, -0.2) is 12.1 Å². The maximum atomic E-state index is 6.08. The number of anilines is 1. The van der Waals surface area contributed by atoms with E-state index >= 15 is 0 Å². The Kier molecular flexibility index (Phi) is 8.84. The molecule has 34 heavy (non-hydrogen) atoms. The van der Waals surface area contributed by atoms with Crippen LogP contribution in [0.15, 0.2) is 107 Å². The van der Waals surface area contributed by atoms with Gasteiger partial charge in [-0.15, -0.1) is 4.57 Å². The number of thiazole rings is 1. The predicted octanol–water partition coefficient (Wildman–Crippen LogP) is 4.62. The van der Waals surface area contributed by atoms with Crippen LogP contribution in [0.1, 0.15) is 20.8 Å². The molecule has 0 radical (unpaired) electrons. The molecule has 6 heteroatoms. The molecule has 3 nitrogen and oxygen atoms in total. The van der Waals surface area contributed by atoms with Crippen molar-refractivity contribution in [3.63, 3.8) is 0 Å². The molecule has 0 aliphatic heterocycles. The predicted molar refractivity (Wildman–Crippen MR) is 141 cm³/mol. The van der Waals surface area contributed by atoms with Crippen LogP contribution in [-0.2, 0) is 0 Å². The molecule has 0 unspecified atom stereocenters. The summed E-state index contributed by atoms with van der Waals surface area (Å²) in [5.41, 5.74) is 3.21. The summed E-state index contributed by atoms with van der Waals surface area (Å²) < 4.78 is 9.56. The zero-order valence-corrected chi connectivity index (χ0v) is 22.0. The summed E-state index contributed by atoms with van der Waals surface area (Å²) in [6, 6.07) is 29.3. The SMILES string of the molecule is C=CCOc1ccccc1-[n+]1c(Sc2ccccc2)sc(NC(C)(C)C)c1-c1ccccc1.[Cl-]. The third-order valence-corrected chi connectivity index (χ3v) is 6.98. The van der Waals surface area contributed by atoms with E-state index in [4.69, 9.17) is 4.74 Å². The van der Waals surface area contributed by atoms with E-state index in [1.807, 2.05) is 18.2 Å². The lowest BCUT2D eigenvalue weighted by Gasteiger charge is -2.20. The minimum Gasteiger partial charge on any atom is -1.00 e. The number of hydrogen-bond donors (Lipinski definition) is 1. The minimum atomic E-state index is -0.0836. The first kappa shape index (κ1) is 25.9. The lowest BCUT2D eigenvalue weighted by atomic mass is 10.1. The Morgan fingerprint density at radius 2 is 1.56 bits per heavy atom. The lowest BCUT2D eigenvalue weighted by Crippen LogP contribution is -3.00. The summed E-state index contributed by atoms with van der Waals surface area (Å²) >= 11 is 3.53. The van der Waals surface area contributed by atoms with E-state index < -0.39 is 0 Å². The minimum absolute atomic E-state index is 0. The standard InChI is InChI=1S/C28H29N2OS2.ClH/c1-5-20-31-24-19-13-12-18-23(24)30-25(21-14-8-6-9-15-21)26(29-28(2,3)4)33-27(30)32-22-16-10-7-11-17-22;/h5-19,29H,1,20H2,2-4H3;1H/q+1;/p-1. The van der Waals surface area contributed by atoms with Crippen molar-refractivity contribution in [2.45, 2.75) is 35.5 Å². The molecule has 0 saturated heterocycles. The van der Waals surface area contributed by atoms with E-state index in [1.54, 1.807) is 29.2 Å². The van der Waals surface area contributed by atoms with Gasteiger partial charge in [0.05, 0.1) is 0 Å². The normalized spacial score (nSPS) is 10.9. The van der Waals surface area contributed by atoms with E-state index in [1.165, 1.54) is 4.90 Å². The van der Waals surface area contributed by atoms with Crippen LogP contribution in [0, 0.1) is 0 Å². The molecule has 0 spiro atoms. The first-order valence-electron chi connectivity index (χ1n) is 10.9. The molecule has 4 rings (SSSR count). The van der Waals surface area contributed by atoms with Gasteiger partial charge in [0.15, 0.2) is 10.8 Å². The smallest absolute Gasteiger partial charge is 0.310 e. The van der Waals surface area contributed by atoms with Gasteiger partial charge in [-0.2, -0.15) is 0 Å². The molecule has 1 N–H and O–H groups in total. The van der Waals surface area contributed by atoms with Crippen LogP contribution in [0.4, 0.5) is 5.00 Å². The first-order chi connectivity index (χ1) is 16.0. The van der Waals surface area contributed by atoms with Crippen molar-refractivity contribution in [2.75, 3.05) is 11.9 Å². The molecule has 0 saturated carbocycles. The highest BCUT2D eigenvalue weighted by molar-refractivity contribution is 8.01. The van der Waals surface area contributed by atoms with Crippen molar-refractivity contribution < 1.29 is 21.7 Å². The number of para-hydroxylation sites is 2. The number of aromatic nitrogens is 1. The Morgan fingerprint density at radius 1 is 0.941 bits per heavy atom. The van der Waals surface area contributed by atoms with Crippen LogP contribution in [0.3, 0.4) is 0 Å². The molecule has 176 valence electrons. The van der Waals surface area contributed by atoms with Gasteiger partial charge in [-0.05, 0) is 74.2 Å². The Bertz CT molecular complexity index is 1220. The zero-order valence-electron chi connectivity index (χ0n) is 19.6. The molecule has 0 fully saturated rings. The molecule has 0 atom stereocenters. The third-order valence-electron chi connectivity index (χ3n) is 4.76. The van der Waals surface area contributed by atoms with E-state index in [9.17, 15) is 0 Å². The summed E-state index contributed by atoms with van der Waals surface area (Å²) in [4.78, 5) is 1.19. The van der Waals surface area contributed by atoms with E-state index in [0.29, 0.717) is 6.61 Å². The number of nitrogens with zero attached hydrogens (tertiary/aromatic N) is 1. The van der Waals surface area contributed by atoms with Crippen LogP contribution in [0.2, 0.25) is 0 Å². The van der Waals surface area contributed by atoms with E-state index in [-0.39, 0.29) is 17.9 Å². The first-order valence-corrected chi connectivity index (χ1v) is 12.6. The molecule has 1 heterocycles. The summed E-state index contributed by atoms with van der Waals surface area (Å²) in [5.74, 6) is 0.828. The van der Waals surface area contributed by atoms with Gasteiger partial charge in [0.2, 0.25) is 0 Å². The summed E-state index contributed by atoms with van der Waals surface area (Å²) in [6.45, 7) is 10.8. The lowest BCUT2D eigenvalue weighted by molar-refractivity contribution is -0.617. The molecule has 0 bridgehead atoms. The molecular weight excluding hydrogens is 480 g/mol. The Labute approximate surface area is 216 Å². The fraction of sp³-hybridized carbons (Fsp3) is 0.179. The quantitative estimate of drug-likeness (QED) is 0.278. The second-order valence-corrected chi connectivity index (χ2v) is 10.9. The van der Waals surface area contributed by atoms with Crippen molar-refractivity contribution >= 4 is 28.1 Å². The summed E-state index contributed by atoms with van der Waals surface area (Å²) in [7, 11) is 0. The van der Waals surface area contributed by atoms with Crippen LogP contribution < -0.4 is 27.0 Å². The number of hydrogen-bond acceptors (Lipinski definition) is 4. The van der Waals surface area contributed by atoms with Gasteiger partial charge in [-0.3, -0.25) is 0 Å². The second kappa shape index (κ2) is 11.6.